The van der Waals surface area contributed by atoms with Crippen LogP contribution in [0.1, 0.15) is 26.0 Å². The molecule has 1 amide bonds. The van der Waals surface area contributed by atoms with Gasteiger partial charge in [-0.1, -0.05) is 0 Å². The highest BCUT2D eigenvalue weighted by Gasteiger charge is 2.10. The Kier molecular flexibility index (Phi) is 3.96. The molecule has 100 valence electrons. The summed E-state index contributed by atoms with van der Waals surface area (Å²) in [6, 6.07) is 3.54. The number of hydrogen-bond donors (Lipinski definition) is 2. The molecule has 2 aromatic heterocycles. The molecule has 0 aromatic carbocycles. The molecule has 0 unspecified atom stereocenters. The summed E-state index contributed by atoms with van der Waals surface area (Å²) in [5.41, 5.74) is 0.638. The summed E-state index contributed by atoms with van der Waals surface area (Å²) < 4.78 is 1.74. The quantitative estimate of drug-likeness (QED) is 0.860. The van der Waals surface area contributed by atoms with Gasteiger partial charge in [0.05, 0.1) is 5.01 Å². The number of carboxylic acids is 1. The molecule has 2 aromatic rings. The number of rotatable bonds is 5. The molecule has 0 atom stereocenters. The third kappa shape index (κ3) is 3.19. The molecule has 0 spiro atoms. The number of amides is 1. The standard InChI is InChI=1S/C12H13N3O3S/c1-15-6-2-3-9(15)11(16)13-5-4-10-14-8(7-19-10)12(17)18/h2-3,6-7H,4-5H2,1H3,(H,13,16)(H,17,18). The normalized spacial score (nSPS) is 10.4. The van der Waals surface area contributed by atoms with E-state index in [4.69, 9.17) is 5.11 Å². The van der Waals surface area contributed by atoms with Crippen LogP contribution in [0.5, 0.6) is 0 Å². The van der Waals surface area contributed by atoms with E-state index in [1.54, 1.807) is 29.9 Å². The van der Waals surface area contributed by atoms with E-state index in [1.807, 2.05) is 0 Å². The predicted molar refractivity (Wildman–Crippen MR) is 70.5 cm³/mol. The van der Waals surface area contributed by atoms with Gasteiger partial charge >= 0.3 is 5.97 Å². The lowest BCUT2D eigenvalue weighted by molar-refractivity contribution is 0.0690. The Hall–Kier alpha value is -2.15. The van der Waals surface area contributed by atoms with Crippen molar-refractivity contribution in [1.29, 1.82) is 0 Å². The zero-order chi connectivity index (χ0) is 13.8. The number of nitrogens with one attached hydrogen (secondary N) is 1. The van der Waals surface area contributed by atoms with Crippen LogP contribution in [0.3, 0.4) is 0 Å². The second-order valence-electron chi connectivity index (χ2n) is 3.94. The number of hydrogen-bond acceptors (Lipinski definition) is 4. The minimum absolute atomic E-state index is 0.0498. The van der Waals surface area contributed by atoms with Gasteiger partial charge in [-0.05, 0) is 12.1 Å². The molecule has 2 N–H and O–H groups in total. The minimum Gasteiger partial charge on any atom is -0.476 e. The fourth-order valence-electron chi connectivity index (χ4n) is 1.59. The van der Waals surface area contributed by atoms with E-state index in [0.717, 1.165) is 0 Å². The Morgan fingerprint density at radius 1 is 1.53 bits per heavy atom. The van der Waals surface area contributed by atoms with E-state index >= 15 is 0 Å². The van der Waals surface area contributed by atoms with E-state index < -0.39 is 5.97 Å². The van der Waals surface area contributed by atoms with Crippen molar-refractivity contribution in [1.82, 2.24) is 14.9 Å². The highest BCUT2D eigenvalue weighted by atomic mass is 32.1. The van der Waals surface area contributed by atoms with E-state index in [0.29, 0.717) is 23.7 Å². The molecule has 19 heavy (non-hydrogen) atoms. The summed E-state index contributed by atoms with van der Waals surface area (Å²) in [7, 11) is 1.80. The molecule has 0 aliphatic heterocycles. The minimum atomic E-state index is -1.03. The van der Waals surface area contributed by atoms with Crippen LogP contribution in [0.25, 0.3) is 0 Å². The van der Waals surface area contributed by atoms with Crippen molar-refractivity contribution in [2.75, 3.05) is 6.54 Å². The lowest BCUT2D eigenvalue weighted by Gasteiger charge is -2.04. The van der Waals surface area contributed by atoms with E-state index in [-0.39, 0.29) is 11.6 Å². The summed E-state index contributed by atoms with van der Waals surface area (Å²) in [4.78, 5) is 26.4. The van der Waals surface area contributed by atoms with Gasteiger partial charge in [0.15, 0.2) is 5.69 Å². The highest BCUT2D eigenvalue weighted by Crippen LogP contribution is 2.10. The second-order valence-corrected chi connectivity index (χ2v) is 4.88. The van der Waals surface area contributed by atoms with Crippen LogP contribution in [0.15, 0.2) is 23.7 Å². The number of carboxylic acid groups (broad SMARTS) is 1. The van der Waals surface area contributed by atoms with Gasteiger partial charge in [-0.2, -0.15) is 0 Å². The zero-order valence-corrected chi connectivity index (χ0v) is 11.1. The van der Waals surface area contributed by atoms with Gasteiger partial charge in [0, 0.05) is 31.6 Å². The first-order valence-corrected chi connectivity index (χ1v) is 6.53. The van der Waals surface area contributed by atoms with Gasteiger partial charge in [0.1, 0.15) is 5.69 Å². The summed E-state index contributed by atoms with van der Waals surface area (Å²) in [6.45, 7) is 0.427. The lowest BCUT2D eigenvalue weighted by atomic mass is 10.3. The van der Waals surface area contributed by atoms with Gasteiger partial charge in [0.2, 0.25) is 0 Å². The summed E-state index contributed by atoms with van der Waals surface area (Å²) in [5, 5.41) is 13.7. The summed E-state index contributed by atoms with van der Waals surface area (Å²) in [6.07, 6.45) is 2.32. The summed E-state index contributed by atoms with van der Waals surface area (Å²) >= 11 is 1.28. The molecule has 2 heterocycles. The molecule has 0 bridgehead atoms. The number of aromatic nitrogens is 2. The van der Waals surface area contributed by atoms with Crippen molar-refractivity contribution < 1.29 is 14.7 Å². The topological polar surface area (TPSA) is 84.2 Å². The molecular weight excluding hydrogens is 266 g/mol. The van der Waals surface area contributed by atoms with Crippen molar-refractivity contribution in [3.8, 4) is 0 Å². The Morgan fingerprint density at radius 3 is 2.89 bits per heavy atom. The first kappa shape index (κ1) is 13.3. The Balaban J connectivity index is 1.85. The molecule has 0 fully saturated rings. The Labute approximate surface area is 113 Å². The van der Waals surface area contributed by atoms with Crippen LogP contribution in [-0.4, -0.2) is 33.1 Å². The third-order valence-electron chi connectivity index (χ3n) is 2.57. The number of aryl methyl sites for hydroxylation is 1. The van der Waals surface area contributed by atoms with Crippen molar-refractivity contribution in [3.63, 3.8) is 0 Å². The van der Waals surface area contributed by atoms with Gasteiger partial charge in [-0.15, -0.1) is 11.3 Å². The summed E-state index contributed by atoms with van der Waals surface area (Å²) in [5.74, 6) is -1.18. The van der Waals surface area contributed by atoms with Crippen LogP contribution in [0, 0.1) is 0 Å². The molecule has 0 radical (unpaired) electrons. The maximum Gasteiger partial charge on any atom is 0.355 e. The molecule has 7 heteroatoms. The Morgan fingerprint density at radius 2 is 2.32 bits per heavy atom. The second kappa shape index (κ2) is 5.66. The molecule has 0 aliphatic rings. The SMILES string of the molecule is Cn1cccc1C(=O)NCCc1nc(C(=O)O)cs1. The average molecular weight is 279 g/mol. The number of carbonyl (C=O) groups is 2. The van der Waals surface area contributed by atoms with E-state index in [9.17, 15) is 9.59 Å². The fourth-order valence-corrected chi connectivity index (χ4v) is 2.37. The molecular formula is C12H13N3O3S. The molecule has 2 rings (SSSR count). The molecule has 0 saturated heterocycles. The van der Waals surface area contributed by atoms with Crippen molar-refractivity contribution in [3.05, 3.63) is 40.1 Å². The van der Waals surface area contributed by atoms with Crippen molar-refractivity contribution in [2.24, 2.45) is 7.05 Å². The number of nitrogens with zero attached hydrogens (tertiary/aromatic N) is 2. The smallest absolute Gasteiger partial charge is 0.355 e. The maximum absolute atomic E-state index is 11.8. The zero-order valence-electron chi connectivity index (χ0n) is 10.3. The highest BCUT2D eigenvalue weighted by molar-refractivity contribution is 7.09. The molecule has 0 aliphatic carbocycles. The number of thiazole rings is 1. The van der Waals surface area contributed by atoms with Gasteiger partial charge in [0.25, 0.3) is 5.91 Å². The third-order valence-corrected chi connectivity index (χ3v) is 3.48. The number of aromatic carboxylic acids is 1. The van der Waals surface area contributed by atoms with Crippen LogP contribution in [-0.2, 0) is 13.5 Å². The molecule has 6 nitrogen and oxygen atoms in total. The van der Waals surface area contributed by atoms with Gasteiger partial charge in [-0.3, -0.25) is 4.79 Å². The first-order chi connectivity index (χ1) is 9.08. The van der Waals surface area contributed by atoms with E-state index in [1.165, 1.54) is 16.7 Å². The monoisotopic (exact) mass is 279 g/mol. The van der Waals surface area contributed by atoms with Crippen molar-refractivity contribution in [2.45, 2.75) is 6.42 Å². The van der Waals surface area contributed by atoms with Crippen LogP contribution in [0.4, 0.5) is 0 Å². The molecule has 0 saturated carbocycles. The van der Waals surface area contributed by atoms with Gasteiger partial charge in [-0.25, -0.2) is 9.78 Å². The largest absolute Gasteiger partial charge is 0.476 e. The lowest BCUT2D eigenvalue weighted by Crippen LogP contribution is -2.27. The Bertz CT molecular complexity index is 603. The number of carbonyl (C=O) groups excluding carboxylic acids is 1. The first-order valence-electron chi connectivity index (χ1n) is 5.65. The van der Waals surface area contributed by atoms with Crippen LogP contribution >= 0.6 is 11.3 Å². The van der Waals surface area contributed by atoms with Crippen molar-refractivity contribution >= 4 is 23.2 Å². The maximum atomic E-state index is 11.8. The van der Waals surface area contributed by atoms with E-state index in [2.05, 4.69) is 10.3 Å². The fraction of sp³-hybridized carbons (Fsp3) is 0.250. The van der Waals surface area contributed by atoms with Crippen LogP contribution < -0.4 is 5.32 Å². The average Bonchev–Trinajstić information content (AvgIpc) is 2.97. The van der Waals surface area contributed by atoms with Crippen LogP contribution in [0.2, 0.25) is 0 Å². The van der Waals surface area contributed by atoms with Gasteiger partial charge < -0.3 is 15.0 Å². The predicted octanol–water partition coefficient (Wildman–Crippen LogP) is 1.15.